The number of hydrogen-bond donors (Lipinski definition) is 2. The van der Waals surface area contributed by atoms with E-state index < -0.39 is 23.4 Å². The van der Waals surface area contributed by atoms with E-state index in [1.165, 1.54) is 12.1 Å². The summed E-state index contributed by atoms with van der Waals surface area (Å²) in [6.07, 6.45) is 0. The molecule has 0 aliphatic carbocycles. The van der Waals surface area contributed by atoms with Gasteiger partial charge in [0.05, 0.1) is 11.4 Å². The van der Waals surface area contributed by atoms with Crippen molar-refractivity contribution in [3.05, 3.63) is 58.9 Å². The number of hydrogen-bond acceptors (Lipinski definition) is 2. The van der Waals surface area contributed by atoms with E-state index in [1.54, 1.807) is 6.92 Å². The molecule has 20 heavy (non-hydrogen) atoms. The Labute approximate surface area is 113 Å². The molecule has 0 saturated carbocycles. The van der Waals surface area contributed by atoms with Crippen LogP contribution in [-0.4, -0.2) is 5.91 Å². The molecule has 2 aromatic carbocycles. The van der Waals surface area contributed by atoms with Crippen molar-refractivity contribution >= 4 is 17.3 Å². The lowest BCUT2D eigenvalue weighted by atomic mass is 10.1. The van der Waals surface area contributed by atoms with Crippen molar-refractivity contribution in [2.45, 2.75) is 6.92 Å². The molecule has 2 aromatic rings. The van der Waals surface area contributed by atoms with Gasteiger partial charge in [-0.3, -0.25) is 4.79 Å². The second kappa shape index (κ2) is 5.24. The summed E-state index contributed by atoms with van der Waals surface area (Å²) in [5, 5.41) is 2.27. The van der Waals surface area contributed by atoms with E-state index in [1.807, 2.05) is 0 Å². The van der Waals surface area contributed by atoms with Crippen molar-refractivity contribution in [2.75, 3.05) is 11.1 Å². The summed E-state index contributed by atoms with van der Waals surface area (Å²) in [5.74, 6) is -2.95. The first-order valence-corrected chi connectivity index (χ1v) is 5.70. The fourth-order valence-electron chi connectivity index (χ4n) is 1.73. The second-order valence-electron chi connectivity index (χ2n) is 4.27. The van der Waals surface area contributed by atoms with Crippen molar-refractivity contribution in [3.8, 4) is 0 Å². The van der Waals surface area contributed by atoms with Crippen LogP contribution in [0, 0.1) is 24.4 Å². The molecule has 0 aliphatic heterocycles. The molecule has 3 nitrogen and oxygen atoms in total. The van der Waals surface area contributed by atoms with Crippen LogP contribution in [0.2, 0.25) is 0 Å². The lowest BCUT2D eigenvalue weighted by Gasteiger charge is -2.09. The molecule has 0 atom stereocenters. The van der Waals surface area contributed by atoms with Crippen molar-refractivity contribution < 1.29 is 18.0 Å². The Bertz CT molecular complexity index is 686. The average Bonchev–Trinajstić information content (AvgIpc) is 2.35. The van der Waals surface area contributed by atoms with E-state index in [-0.39, 0.29) is 16.9 Å². The summed E-state index contributed by atoms with van der Waals surface area (Å²) in [6.45, 7) is 1.55. The smallest absolute Gasteiger partial charge is 0.256 e. The first-order chi connectivity index (χ1) is 9.38. The summed E-state index contributed by atoms with van der Waals surface area (Å²) in [5.41, 5.74) is 5.38. The standard InChI is InChI=1S/C14H11F3N2O/c1-7-4-8(15)2-3-9(7)14(20)19-13-6-12(18)10(16)5-11(13)17/h2-6H,18H2,1H3,(H,19,20). The monoisotopic (exact) mass is 280 g/mol. The molecular weight excluding hydrogens is 269 g/mol. The predicted octanol–water partition coefficient (Wildman–Crippen LogP) is 3.25. The molecule has 0 fully saturated rings. The van der Waals surface area contributed by atoms with Gasteiger partial charge in [-0.1, -0.05) is 0 Å². The fourth-order valence-corrected chi connectivity index (χ4v) is 1.73. The number of carbonyl (C=O) groups is 1. The topological polar surface area (TPSA) is 55.1 Å². The minimum Gasteiger partial charge on any atom is -0.396 e. The highest BCUT2D eigenvalue weighted by molar-refractivity contribution is 6.05. The van der Waals surface area contributed by atoms with E-state index in [9.17, 15) is 18.0 Å². The summed E-state index contributed by atoms with van der Waals surface area (Å²) in [4.78, 5) is 12.0. The first-order valence-electron chi connectivity index (χ1n) is 5.70. The maximum atomic E-state index is 13.5. The van der Waals surface area contributed by atoms with E-state index in [0.29, 0.717) is 11.6 Å². The van der Waals surface area contributed by atoms with Crippen LogP contribution in [0.5, 0.6) is 0 Å². The number of benzene rings is 2. The normalized spacial score (nSPS) is 10.4. The molecule has 0 spiro atoms. The van der Waals surface area contributed by atoms with Crippen molar-refractivity contribution in [1.29, 1.82) is 0 Å². The molecule has 104 valence electrons. The molecule has 0 unspecified atom stereocenters. The number of nitrogens with two attached hydrogens (primary N) is 1. The van der Waals surface area contributed by atoms with Gasteiger partial charge in [0.1, 0.15) is 17.5 Å². The second-order valence-corrected chi connectivity index (χ2v) is 4.27. The predicted molar refractivity (Wildman–Crippen MR) is 69.9 cm³/mol. The van der Waals surface area contributed by atoms with Crippen LogP contribution in [0.15, 0.2) is 30.3 Å². The van der Waals surface area contributed by atoms with Crippen LogP contribution in [0.3, 0.4) is 0 Å². The van der Waals surface area contributed by atoms with E-state index in [0.717, 1.165) is 12.1 Å². The number of aryl methyl sites for hydroxylation is 1. The summed E-state index contributed by atoms with van der Waals surface area (Å²) >= 11 is 0. The lowest BCUT2D eigenvalue weighted by molar-refractivity contribution is 0.102. The SMILES string of the molecule is Cc1cc(F)ccc1C(=O)Nc1cc(N)c(F)cc1F. The van der Waals surface area contributed by atoms with Crippen LogP contribution in [0.4, 0.5) is 24.5 Å². The van der Waals surface area contributed by atoms with Crippen LogP contribution in [0.25, 0.3) is 0 Å². The van der Waals surface area contributed by atoms with Crippen LogP contribution >= 0.6 is 0 Å². The molecule has 6 heteroatoms. The van der Waals surface area contributed by atoms with E-state index in [2.05, 4.69) is 5.32 Å². The number of carbonyl (C=O) groups excluding carboxylic acids is 1. The van der Waals surface area contributed by atoms with Gasteiger partial charge in [0.2, 0.25) is 0 Å². The number of anilines is 2. The van der Waals surface area contributed by atoms with Crippen LogP contribution in [0.1, 0.15) is 15.9 Å². The van der Waals surface area contributed by atoms with Gasteiger partial charge in [-0.25, -0.2) is 13.2 Å². The van der Waals surface area contributed by atoms with Crippen molar-refractivity contribution in [1.82, 2.24) is 0 Å². The maximum Gasteiger partial charge on any atom is 0.256 e. The van der Waals surface area contributed by atoms with Gasteiger partial charge in [-0.05, 0) is 36.8 Å². The molecular formula is C14H11F3N2O. The molecule has 0 bridgehead atoms. The Morgan fingerprint density at radius 1 is 1.10 bits per heavy atom. The molecule has 0 aromatic heterocycles. The van der Waals surface area contributed by atoms with Gasteiger partial charge in [-0.2, -0.15) is 0 Å². The molecule has 0 aliphatic rings. The highest BCUT2D eigenvalue weighted by atomic mass is 19.1. The first kappa shape index (κ1) is 13.9. The Morgan fingerprint density at radius 2 is 1.80 bits per heavy atom. The number of halogens is 3. The van der Waals surface area contributed by atoms with E-state index in [4.69, 9.17) is 5.73 Å². The molecule has 3 N–H and O–H groups in total. The highest BCUT2D eigenvalue weighted by Gasteiger charge is 2.14. The molecule has 0 saturated heterocycles. The Balaban J connectivity index is 2.30. The molecule has 0 heterocycles. The van der Waals surface area contributed by atoms with Crippen LogP contribution in [-0.2, 0) is 0 Å². The largest absolute Gasteiger partial charge is 0.396 e. The quantitative estimate of drug-likeness (QED) is 0.830. The minimum atomic E-state index is -0.940. The van der Waals surface area contributed by atoms with Crippen molar-refractivity contribution in [2.24, 2.45) is 0 Å². The molecule has 0 radical (unpaired) electrons. The van der Waals surface area contributed by atoms with Gasteiger partial charge in [0.25, 0.3) is 5.91 Å². The third kappa shape index (κ3) is 2.74. The average molecular weight is 280 g/mol. The Hall–Kier alpha value is -2.50. The van der Waals surface area contributed by atoms with Crippen LogP contribution < -0.4 is 11.1 Å². The number of rotatable bonds is 2. The van der Waals surface area contributed by atoms with Gasteiger partial charge < -0.3 is 11.1 Å². The van der Waals surface area contributed by atoms with Gasteiger partial charge in [0.15, 0.2) is 0 Å². The number of nitrogens with one attached hydrogen (secondary N) is 1. The van der Waals surface area contributed by atoms with Crippen molar-refractivity contribution in [3.63, 3.8) is 0 Å². The molecule has 1 amide bonds. The highest BCUT2D eigenvalue weighted by Crippen LogP contribution is 2.22. The summed E-state index contributed by atoms with van der Waals surface area (Å²) in [6, 6.07) is 5.16. The van der Waals surface area contributed by atoms with Gasteiger partial charge in [-0.15, -0.1) is 0 Å². The lowest BCUT2D eigenvalue weighted by Crippen LogP contribution is -2.15. The van der Waals surface area contributed by atoms with Gasteiger partial charge >= 0.3 is 0 Å². The third-order valence-corrected chi connectivity index (χ3v) is 2.77. The molecule has 2 rings (SSSR count). The maximum absolute atomic E-state index is 13.5. The Kier molecular flexibility index (Phi) is 3.65. The van der Waals surface area contributed by atoms with E-state index >= 15 is 0 Å². The Morgan fingerprint density at radius 3 is 2.45 bits per heavy atom. The zero-order valence-corrected chi connectivity index (χ0v) is 10.5. The van der Waals surface area contributed by atoms with Gasteiger partial charge in [0, 0.05) is 11.6 Å². The minimum absolute atomic E-state index is 0.189. The fraction of sp³-hybridized carbons (Fsp3) is 0.0714. The summed E-state index contributed by atoms with van der Waals surface area (Å²) in [7, 11) is 0. The summed E-state index contributed by atoms with van der Waals surface area (Å²) < 4.78 is 39.5. The zero-order chi connectivity index (χ0) is 14.9. The zero-order valence-electron chi connectivity index (χ0n) is 10.5. The number of amides is 1. The number of nitrogen functional groups attached to an aromatic ring is 1. The third-order valence-electron chi connectivity index (χ3n) is 2.77.